The molecule has 6 nitrogen and oxygen atoms in total. The molecule has 1 aliphatic rings. The van der Waals surface area contributed by atoms with Crippen LogP contribution >= 0.6 is 7.44 Å². The Morgan fingerprint density at radius 3 is 1.54 bits per heavy atom. The normalized spacial score (nSPS) is 14.8. The van der Waals surface area contributed by atoms with Crippen LogP contribution in [0.25, 0.3) is 67.0 Å². The van der Waals surface area contributed by atoms with Crippen molar-refractivity contribution < 1.29 is 8.98 Å². The summed E-state index contributed by atoms with van der Waals surface area (Å²) in [5.41, 5.74) is 11.3. The maximum atomic E-state index is 16.1. The summed E-state index contributed by atoms with van der Waals surface area (Å²) in [5, 5.41) is 2.74. The molecular weight excluding hydrogens is 744 g/mol. The summed E-state index contributed by atoms with van der Waals surface area (Å²) in [7, 11) is -3.51. The molecule has 0 aliphatic carbocycles. The Hall–Kier alpha value is -7.53. The lowest BCUT2D eigenvalue weighted by molar-refractivity contribution is 0.582. The molecule has 0 fully saturated rings. The van der Waals surface area contributed by atoms with Crippen molar-refractivity contribution in [2.24, 2.45) is 0 Å². The van der Waals surface area contributed by atoms with Crippen molar-refractivity contribution >= 4 is 57.4 Å². The highest BCUT2D eigenvalue weighted by Crippen LogP contribution is 2.70. The van der Waals surface area contributed by atoms with Gasteiger partial charge in [0.25, 0.3) is 0 Å². The molecule has 0 spiro atoms. The zero-order chi connectivity index (χ0) is 39.3. The number of rotatable bonds is 7. The van der Waals surface area contributed by atoms with Gasteiger partial charge in [-0.3, -0.25) is 13.9 Å². The third-order valence-electron chi connectivity index (χ3n) is 11.0. The van der Waals surface area contributed by atoms with E-state index >= 15 is 4.57 Å². The van der Waals surface area contributed by atoms with E-state index in [9.17, 15) is 0 Å². The number of nitrogens with zero attached hydrogens (tertiary/aromatic N) is 4. The first-order valence-corrected chi connectivity index (χ1v) is 21.2. The zero-order valence-electron chi connectivity index (χ0n) is 31.8. The molecule has 1 atom stereocenters. The van der Waals surface area contributed by atoms with Gasteiger partial charge in [-0.25, -0.2) is 9.97 Å². The van der Waals surface area contributed by atoms with Crippen molar-refractivity contribution in [3.63, 3.8) is 0 Å². The summed E-state index contributed by atoms with van der Waals surface area (Å²) >= 11 is 0. The van der Waals surface area contributed by atoms with Crippen molar-refractivity contribution in [2.45, 2.75) is 0 Å². The summed E-state index contributed by atoms with van der Waals surface area (Å²) in [4.78, 5) is 10.2. The molecule has 280 valence electrons. The molecule has 10 aromatic rings. The fraction of sp³-hybridized carbons (Fsp3) is 0. The van der Waals surface area contributed by atoms with Crippen molar-refractivity contribution in [3.8, 4) is 45.0 Å². The summed E-state index contributed by atoms with van der Waals surface area (Å²) in [6.45, 7) is 0. The van der Waals surface area contributed by atoms with Crippen LogP contribution in [0.5, 0.6) is 0 Å². The highest BCUT2D eigenvalue weighted by molar-refractivity contribution is 7.76. The Morgan fingerprint density at radius 2 is 0.915 bits per heavy atom. The molecule has 2 aromatic heterocycles. The summed E-state index contributed by atoms with van der Waals surface area (Å²) in [6.07, 6.45) is 0. The number of furan rings is 1. The van der Waals surface area contributed by atoms with Gasteiger partial charge < -0.3 is 4.42 Å². The summed E-state index contributed by atoms with van der Waals surface area (Å²) in [5.74, 6) is 0.647. The largest absolute Gasteiger partial charge is 0.455 e. The van der Waals surface area contributed by atoms with E-state index in [2.05, 4.69) is 66.7 Å². The van der Waals surface area contributed by atoms with Crippen LogP contribution in [0.2, 0.25) is 0 Å². The quantitative estimate of drug-likeness (QED) is 0.150. The van der Waals surface area contributed by atoms with Crippen LogP contribution in [0.1, 0.15) is 0 Å². The Labute approximate surface area is 341 Å². The van der Waals surface area contributed by atoms with Crippen molar-refractivity contribution in [2.75, 3.05) is 9.34 Å². The third-order valence-corrected chi connectivity index (χ3v) is 14.0. The van der Waals surface area contributed by atoms with Gasteiger partial charge in [-0.15, -0.1) is 0 Å². The van der Waals surface area contributed by atoms with Gasteiger partial charge in [0.05, 0.1) is 28.1 Å². The smallest absolute Gasteiger partial charge is 0.301 e. The standard InChI is InChI=1S/C52H35N4O2P/c57-59(41-26-14-5-15-27-41)55(39-22-10-3-11-23-39)48-33-32-38(34-49(48)56(59)40-24-12-4-13-25-40)42-28-16-29-43-44-30-17-31-45(51(44)58-50(42)43)47-35-46(36-18-6-1-7-19-36)53-52(54-47)37-20-8-2-9-21-37/h1-35H. The molecule has 0 N–H and O–H groups in total. The molecule has 0 amide bonds. The molecule has 0 radical (unpaired) electrons. The first-order chi connectivity index (χ1) is 29.1. The summed E-state index contributed by atoms with van der Waals surface area (Å²) in [6, 6.07) is 71.1. The molecule has 59 heavy (non-hydrogen) atoms. The molecule has 11 rings (SSSR count). The number of anilines is 4. The fourth-order valence-corrected chi connectivity index (χ4v) is 11.3. The second-order valence-corrected chi connectivity index (χ2v) is 16.9. The van der Waals surface area contributed by atoms with Crippen LogP contribution in [-0.4, -0.2) is 9.97 Å². The minimum atomic E-state index is -3.51. The van der Waals surface area contributed by atoms with Gasteiger partial charge in [0.1, 0.15) is 11.2 Å². The van der Waals surface area contributed by atoms with E-state index in [4.69, 9.17) is 14.4 Å². The van der Waals surface area contributed by atoms with Gasteiger partial charge >= 0.3 is 7.44 Å². The first-order valence-electron chi connectivity index (χ1n) is 19.6. The molecule has 3 heterocycles. The van der Waals surface area contributed by atoms with Crippen LogP contribution in [0.3, 0.4) is 0 Å². The van der Waals surface area contributed by atoms with E-state index in [0.29, 0.717) is 5.82 Å². The number of benzene rings is 8. The van der Waals surface area contributed by atoms with Gasteiger partial charge in [-0.2, -0.15) is 0 Å². The third kappa shape index (κ3) is 5.76. The number of para-hydroxylation sites is 4. The van der Waals surface area contributed by atoms with Gasteiger partial charge in [0, 0.05) is 44.4 Å². The molecule has 7 heteroatoms. The predicted octanol–water partition coefficient (Wildman–Crippen LogP) is 13.9. The lowest BCUT2D eigenvalue weighted by Gasteiger charge is -2.33. The van der Waals surface area contributed by atoms with Crippen LogP contribution in [0.15, 0.2) is 217 Å². The minimum Gasteiger partial charge on any atom is -0.455 e. The lowest BCUT2D eigenvalue weighted by Crippen LogP contribution is -2.26. The average Bonchev–Trinajstić information content (AvgIpc) is 3.83. The Morgan fingerprint density at radius 1 is 0.407 bits per heavy atom. The van der Waals surface area contributed by atoms with Crippen molar-refractivity contribution in [1.82, 2.24) is 9.97 Å². The lowest BCUT2D eigenvalue weighted by atomic mass is 10.00. The van der Waals surface area contributed by atoms with Gasteiger partial charge in [-0.1, -0.05) is 152 Å². The van der Waals surface area contributed by atoms with Crippen molar-refractivity contribution in [3.05, 3.63) is 212 Å². The van der Waals surface area contributed by atoms with Crippen LogP contribution in [0.4, 0.5) is 22.7 Å². The maximum absolute atomic E-state index is 16.1. The van der Waals surface area contributed by atoms with E-state index in [0.717, 1.165) is 89.2 Å². The van der Waals surface area contributed by atoms with E-state index in [1.54, 1.807) is 0 Å². The first kappa shape index (κ1) is 34.7. The maximum Gasteiger partial charge on any atom is 0.301 e. The molecule has 0 bridgehead atoms. The number of hydrogen-bond donors (Lipinski definition) is 0. The van der Waals surface area contributed by atoms with Gasteiger partial charge in [0.15, 0.2) is 5.82 Å². The molecule has 1 aliphatic heterocycles. The number of hydrogen-bond acceptors (Lipinski definition) is 4. The molecule has 0 saturated heterocycles. The Balaban J connectivity index is 1.11. The molecule has 1 unspecified atom stereocenters. The molecular formula is C52H35N4O2P. The SMILES string of the molecule is O=P1(c2ccccc2)N(c2ccccc2)c2ccc(-c3cccc4c3oc3c(-c5cc(-c6ccccc6)nc(-c6ccccc6)n5)cccc34)cc2N1c1ccccc1. The minimum absolute atomic E-state index is 0.647. The average molecular weight is 779 g/mol. The van der Waals surface area contributed by atoms with E-state index in [1.807, 2.05) is 155 Å². The fourth-order valence-electron chi connectivity index (χ4n) is 8.31. The number of aromatic nitrogens is 2. The molecule has 0 saturated carbocycles. The van der Waals surface area contributed by atoms with Gasteiger partial charge in [0.2, 0.25) is 0 Å². The molecule has 8 aromatic carbocycles. The summed E-state index contributed by atoms with van der Waals surface area (Å²) < 4.78 is 27.2. The Bertz CT molecular complexity index is 3140. The topological polar surface area (TPSA) is 62.5 Å². The Kier molecular flexibility index (Phi) is 8.31. The van der Waals surface area contributed by atoms with E-state index in [-0.39, 0.29) is 0 Å². The van der Waals surface area contributed by atoms with Gasteiger partial charge in [-0.05, 0) is 66.2 Å². The van der Waals surface area contributed by atoms with Crippen molar-refractivity contribution in [1.29, 1.82) is 0 Å². The predicted molar refractivity (Wildman–Crippen MR) is 242 cm³/mol. The van der Waals surface area contributed by atoms with E-state index in [1.165, 1.54) is 0 Å². The highest BCUT2D eigenvalue weighted by atomic mass is 31.2. The van der Waals surface area contributed by atoms with E-state index < -0.39 is 7.44 Å². The zero-order valence-corrected chi connectivity index (χ0v) is 32.7. The second-order valence-electron chi connectivity index (χ2n) is 14.5. The van der Waals surface area contributed by atoms with Crippen LogP contribution < -0.4 is 14.6 Å². The van der Waals surface area contributed by atoms with Crippen LogP contribution in [-0.2, 0) is 4.57 Å². The monoisotopic (exact) mass is 778 g/mol. The highest BCUT2D eigenvalue weighted by Gasteiger charge is 2.49. The van der Waals surface area contributed by atoms with Crippen LogP contribution in [0, 0.1) is 0 Å². The second kappa shape index (κ2) is 14.1. The number of fused-ring (bicyclic) bond motifs is 4.